The molecule has 0 saturated carbocycles. The maximum Gasteiger partial charge on any atom is 0.160 e. The van der Waals surface area contributed by atoms with E-state index in [4.69, 9.17) is 0 Å². The van der Waals surface area contributed by atoms with Gasteiger partial charge in [0.25, 0.3) is 0 Å². The molecule has 178 valence electrons. The Morgan fingerprint density at radius 2 is 1.58 bits per heavy atom. The molecule has 0 atom stereocenters. The van der Waals surface area contributed by atoms with E-state index in [0.717, 1.165) is 42.8 Å². The summed E-state index contributed by atoms with van der Waals surface area (Å²) < 4.78 is 27.6. The summed E-state index contributed by atoms with van der Waals surface area (Å²) in [6.07, 6.45) is 3.77. The summed E-state index contributed by atoms with van der Waals surface area (Å²) in [6.45, 7) is 8.85. The molecule has 1 N–H and O–H groups in total. The molecule has 7 heteroatoms. The number of aromatic nitrogens is 1. The van der Waals surface area contributed by atoms with E-state index in [0.29, 0.717) is 12.2 Å². The summed E-state index contributed by atoms with van der Waals surface area (Å²) in [5.41, 5.74) is 7.65. The van der Waals surface area contributed by atoms with Crippen LogP contribution in [0.3, 0.4) is 0 Å². The summed E-state index contributed by atoms with van der Waals surface area (Å²) in [4.78, 5) is 6.80. The quantitative estimate of drug-likeness (QED) is 0.436. The Labute approximate surface area is 207 Å². The number of anilines is 1. The molecule has 0 amide bonds. The van der Waals surface area contributed by atoms with E-state index < -0.39 is 11.6 Å². The number of piperidine rings is 1. The normalized spacial score (nSPS) is 13.7. The fraction of sp³-hybridized carbons (Fsp3) is 0.346. The molecule has 1 saturated heterocycles. The van der Waals surface area contributed by atoms with E-state index in [-0.39, 0.29) is 30.9 Å². The second-order valence-corrected chi connectivity index (χ2v) is 8.49. The van der Waals surface area contributed by atoms with Crippen LogP contribution in [0.1, 0.15) is 35.1 Å². The third-order valence-corrected chi connectivity index (χ3v) is 6.38. The van der Waals surface area contributed by atoms with Crippen molar-refractivity contribution < 1.29 is 8.78 Å². The zero-order valence-corrected chi connectivity index (χ0v) is 20.8. The van der Waals surface area contributed by atoms with Crippen LogP contribution in [0, 0.1) is 32.4 Å². The molecule has 0 bridgehead atoms. The summed E-state index contributed by atoms with van der Waals surface area (Å²) in [6, 6.07) is 12.9. The molecule has 2 aromatic carbocycles. The Morgan fingerprint density at radius 1 is 0.909 bits per heavy atom. The topological polar surface area (TPSA) is 28.2 Å². The van der Waals surface area contributed by atoms with Crippen LogP contribution >= 0.6 is 24.8 Å². The minimum absolute atomic E-state index is 0. The van der Waals surface area contributed by atoms with Crippen molar-refractivity contribution >= 4 is 30.5 Å². The minimum atomic E-state index is -0.815. The van der Waals surface area contributed by atoms with Crippen LogP contribution in [0.25, 0.3) is 11.3 Å². The molecule has 1 aliphatic rings. The number of nitrogens with one attached hydrogen (secondary N) is 1. The van der Waals surface area contributed by atoms with E-state index in [1.54, 1.807) is 6.07 Å². The van der Waals surface area contributed by atoms with Crippen molar-refractivity contribution in [3.63, 3.8) is 0 Å². The number of halogens is 4. The summed E-state index contributed by atoms with van der Waals surface area (Å²) in [7, 11) is 0. The molecule has 33 heavy (non-hydrogen) atoms. The molecular weight excluding hydrogens is 463 g/mol. The van der Waals surface area contributed by atoms with Gasteiger partial charge in [-0.15, -0.1) is 24.8 Å². The Bertz CT molecular complexity index is 1060. The highest BCUT2D eigenvalue weighted by atomic mass is 35.5. The summed E-state index contributed by atoms with van der Waals surface area (Å²) in [5, 5.41) is 3.38. The molecule has 0 spiro atoms. The minimum Gasteiger partial charge on any atom is -0.364 e. The van der Waals surface area contributed by atoms with Gasteiger partial charge in [0.2, 0.25) is 0 Å². The number of rotatable bonds is 5. The Balaban J connectivity index is 0.00000193. The van der Waals surface area contributed by atoms with Gasteiger partial charge in [-0.1, -0.05) is 0 Å². The van der Waals surface area contributed by atoms with E-state index in [1.807, 2.05) is 12.3 Å². The Hall–Kier alpha value is -2.21. The van der Waals surface area contributed by atoms with Crippen LogP contribution in [0.2, 0.25) is 0 Å². The van der Waals surface area contributed by atoms with E-state index in [9.17, 15) is 8.78 Å². The number of benzene rings is 2. The van der Waals surface area contributed by atoms with Crippen LogP contribution in [0.15, 0.2) is 48.7 Å². The van der Waals surface area contributed by atoms with Crippen LogP contribution in [0.5, 0.6) is 0 Å². The summed E-state index contributed by atoms with van der Waals surface area (Å²) in [5.74, 6) is -1.62. The van der Waals surface area contributed by atoms with Crippen molar-refractivity contribution in [3.05, 3.63) is 82.5 Å². The maximum absolute atomic E-state index is 14.0. The average Bonchev–Trinajstić information content (AvgIpc) is 2.78. The van der Waals surface area contributed by atoms with Gasteiger partial charge in [-0.2, -0.15) is 0 Å². The monoisotopic (exact) mass is 493 g/mol. The number of nitrogens with zero attached hydrogens (tertiary/aromatic N) is 2. The maximum atomic E-state index is 14.0. The van der Waals surface area contributed by atoms with Gasteiger partial charge < -0.3 is 10.2 Å². The third kappa shape index (κ3) is 6.23. The van der Waals surface area contributed by atoms with Gasteiger partial charge in [0.05, 0.1) is 5.69 Å². The van der Waals surface area contributed by atoms with E-state index >= 15 is 0 Å². The van der Waals surface area contributed by atoms with Crippen molar-refractivity contribution in [1.82, 2.24) is 10.3 Å². The molecule has 0 radical (unpaired) electrons. The average molecular weight is 494 g/mol. The van der Waals surface area contributed by atoms with E-state index in [1.165, 1.54) is 28.8 Å². The molecule has 0 unspecified atom stereocenters. The lowest BCUT2D eigenvalue weighted by molar-refractivity contribution is 0.427. The molecule has 4 rings (SSSR count). The second kappa shape index (κ2) is 11.8. The smallest absolute Gasteiger partial charge is 0.160 e. The van der Waals surface area contributed by atoms with Gasteiger partial charge in [-0.05, 0) is 105 Å². The molecule has 1 aliphatic heterocycles. The second-order valence-electron chi connectivity index (χ2n) is 8.49. The van der Waals surface area contributed by atoms with Gasteiger partial charge >= 0.3 is 0 Å². The lowest BCUT2D eigenvalue weighted by atomic mass is 9.98. The lowest BCUT2D eigenvalue weighted by Gasteiger charge is -2.36. The van der Waals surface area contributed by atoms with Crippen LogP contribution in [-0.4, -0.2) is 24.1 Å². The highest BCUT2D eigenvalue weighted by Crippen LogP contribution is 2.28. The summed E-state index contributed by atoms with van der Waals surface area (Å²) >= 11 is 0. The van der Waals surface area contributed by atoms with Crippen molar-refractivity contribution in [2.24, 2.45) is 0 Å². The molecule has 3 nitrogen and oxygen atoms in total. The van der Waals surface area contributed by atoms with Crippen LogP contribution < -0.4 is 10.2 Å². The first-order valence-corrected chi connectivity index (χ1v) is 10.9. The highest BCUT2D eigenvalue weighted by molar-refractivity contribution is 5.85. The fourth-order valence-corrected chi connectivity index (χ4v) is 4.32. The predicted octanol–water partition coefficient (Wildman–Crippen LogP) is 6.55. The Kier molecular flexibility index (Phi) is 9.65. The Morgan fingerprint density at radius 3 is 2.21 bits per heavy atom. The largest absolute Gasteiger partial charge is 0.364 e. The van der Waals surface area contributed by atoms with Crippen molar-refractivity contribution in [1.29, 1.82) is 0 Å². The number of hydrogen-bond acceptors (Lipinski definition) is 3. The molecule has 0 aliphatic carbocycles. The standard InChI is InChI=1S/C26H29F2N3.2ClH/c1-17-12-21(13-18(2)19(17)3)26-14-20(6-11-30-26)16-31(22-7-9-29-10-8-22)23-4-5-24(27)25(28)15-23;;/h4-6,11-15,22,29H,7-10,16H2,1-3H3;2*1H. The van der Waals surface area contributed by atoms with Gasteiger partial charge in [-0.3, -0.25) is 4.98 Å². The van der Waals surface area contributed by atoms with Crippen LogP contribution in [0.4, 0.5) is 14.5 Å². The van der Waals surface area contributed by atoms with Crippen molar-refractivity contribution in [3.8, 4) is 11.3 Å². The number of hydrogen-bond donors (Lipinski definition) is 1. The molecule has 1 fully saturated rings. The fourth-order valence-electron chi connectivity index (χ4n) is 4.32. The van der Waals surface area contributed by atoms with Crippen molar-refractivity contribution in [2.45, 2.75) is 46.2 Å². The lowest BCUT2D eigenvalue weighted by Crippen LogP contribution is -2.43. The van der Waals surface area contributed by atoms with Gasteiger partial charge in [0.15, 0.2) is 11.6 Å². The molecule has 3 aromatic rings. The number of aryl methyl sites for hydroxylation is 2. The first kappa shape index (κ1) is 27.0. The predicted molar refractivity (Wildman–Crippen MR) is 137 cm³/mol. The van der Waals surface area contributed by atoms with Gasteiger partial charge in [0.1, 0.15) is 0 Å². The molecule has 1 aromatic heterocycles. The van der Waals surface area contributed by atoms with Gasteiger partial charge in [-0.25, -0.2) is 8.78 Å². The number of pyridine rings is 1. The first-order chi connectivity index (χ1) is 14.9. The van der Waals surface area contributed by atoms with Crippen molar-refractivity contribution in [2.75, 3.05) is 18.0 Å². The SMILES string of the molecule is Cc1cc(-c2cc(CN(c3ccc(F)c(F)c3)C3CCNCC3)ccn2)cc(C)c1C.Cl.Cl. The first-order valence-electron chi connectivity index (χ1n) is 10.9. The third-order valence-electron chi connectivity index (χ3n) is 6.38. The molecular formula is C26H31Cl2F2N3. The highest BCUT2D eigenvalue weighted by Gasteiger charge is 2.23. The van der Waals surface area contributed by atoms with E-state index in [2.05, 4.69) is 54.2 Å². The van der Waals surface area contributed by atoms with Gasteiger partial charge in [0, 0.05) is 36.1 Å². The zero-order valence-electron chi connectivity index (χ0n) is 19.2. The van der Waals surface area contributed by atoms with Crippen LogP contribution in [-0.2, 0) is 6.54 Å². The zero-order chi connectivity index (χ0) is 22.0. The molecule has 2 heterocycles.